The quantitative estimate of drug-likeness (QED) is 0.752. The molecule has 1 atom stereocenters. The van der Waals surface area contributed by atoms with Gasteiger partial charge in [0, 0.05) is 0 Å². The number of benzene rings is 1. The predicted octanol–water partition coefficient (Wildman–Crippen LogP) is 5.19. The molecular formula is C11H6Br2Cl2O2. The van der Waals surface area contributed by atoms with Gasteiger partial charge in [-0.05, 0) is 55.6 Å². The van der Waals surface area contributed by atoms with E-state index >= 15 is 0 Å². The van der Waals surface area contributed by atoms with E-state index in [4.69, 9.17) is 27.6 Å². The zero-order chi connectivity index (χ0) is 12.6. The molecule has 0 spiro atoms. The summed E-state index contributed by atoms with van der Waals surface area (Å²) in [5.41, 5.74) is 0.619. The van der Waals surface area contributed by atoms with Crippen LogP contribution in [0.1, 0.15) is 17.4 Å². The monoisotopic (exact) mass is 398 g/mol. The first-order valence-electron chi connectivity index (χ1n) is 4.57. The second-order valence-corrected chi connectivity index (χ2v) is 5.74. The molecule has 0 fully saturated rings. The highest BCUT2D eigenvalue weighted by atomic mass is 79.9. The lowest BCUT2D eigenvalue weighted by molar-refractivity contribution is 0.187. The van der Waals surface area contributed by atoms with Gasteiger partial charge in [0.2, 0.25) is 0 Å². The standard InChI is InChI=1S/C11H6Br2Cl2O2/c12-6-4-9(17-11(6)13)10(16)5-1-2-7(14)8(15)3-5/h1-4,10,16H. The maximum absolute atomic E-state index is 10.1. The van der Waals surface area contributed by atoms with Gasteiger partial charge in [0.15, 0.2) is 4.67 Å². The Labute approximate surface area is 125 Å². The lowest BCUT2D eigenvalue weighted by Gasteiger charge is -2.08. The third-order valence-corrected chi connectivity index (χ3v) is 4.64. The van der Waals surface area contributed by atoms with E-state index in [1.807, 2.05) is 0 Å². The molecule has 0 amide bonds. The van der Waals surface area contributed by atoms with Crippen molar-refractivity contribution >= 4 is 55.1 Å². The fourth-order valence-corrected chi connectivity index (χ4v) is 2.26. The fourth-order valence-electron chi connectivity index (χ4n) is 1.34. The Morgan fingerprint density at radius 1 is 1.12 bits per heavy atom. The van der Waals surface area contributed by atoms with Gasteiger partial charge in [0.25, 0.3) is 0 Å². The lowest BCUT2D eigenvalue weighted by atomic mass is 10.1. The minimum atomic E-state index is -0.882. The molecule has 6 heteroatoms. The van der Waals surface area contributed by atoms with Crippen molar-refractivity contribution in [3.8, 4) is 0 Å². The first kappa shape index (κ1) is 13.4. The molecule has 0 aliphatic carbocycles. The number of hydrogen-bond acceptors (Lipinski definition) is 2. The molecule has 1 aromatic heterocycles. The minimum absolute atomic E-state index is 0.396. The summed E-state index contributed by atoms with van der Waals surface area (Å²) in [5, 5.41) is 11.0. The summed E-state index contributed by atoms with van der Waals surface area (Å²) < 4.78 is 6.62. The molecule has 90 valence electrons. The van der Waals surface area contributed by atoms with E-state index in [2.05, 4.69) is 31.9 Å². The van der Waals surface area contributed by atoms with Gasteiger partial charge in [-0.25, -0.2) is 0 Å². The summed E-state index contributed by atoms with van der Waals surface area (Å²) in [6, 6.07) is 6.63. The van der Waals surface area contributed by atoms with Crippen LogP contribution < -0.4 is 0 Å². The van der Waals surface area contributed by atoms with Crippen molar-refractivity contribution in [3.05, 3.63) is 54.8 Å². The van der Waals surface area contributed by atoms with Crippen molar-refractivity contribution in [3.63, 3.8) is 0 Å². The van der Waals surface area contributed by atoms with Crippen LogP contribution >= 0.6 is 55.1 Å². The van der Waals surface area contributed by atoms with Crippen LogP contribution in [0.4, 0.5) is 0 Å². The maximum Gasteiger partial charge on any atom is 0.183 e. The van der Waals surface area contributed by atoms with Gasteiger partial charge in [0.1, 0.15) is 11.9 Å². The van der Waals surface area contributed by atoms with E-state index in [-0.39, 0.29) is 0 Å². The summed E-state index contributed by atoms with van der Waals surface area (Å²) in [6.07, 6.45) is -0.882. The van der Waals surface area contributed by atoms with Crippen molar-refractivity contribution in [2.75, 3.05) is 0 Å². The molecule has 0 aliphatic rings. The molecule has 2 aromatic rings. The predicted molar refractivity (Wildman–Crippen MR) is 74.6 cm³/mol. The third-order valence-electron chi connectivity index (χ3n) is 2.19. The Morgan fingerprint density at radius 2 is 1.82 bits per heavy atom. The largest absolute Gasteiger partial charge is 0.450 e. The van der Waals surface area contributed by atoms with Crippen molar-refractivity contribution in [1.82, 2.24) is 0 Å². The van der Waals surface area contributed by atoms with E-state index < -0.39 is 6.10 Å². The van der Waals surface area contributed by atoms with E-state index in [0.29, 0.717) is 26.0 Å². The summed E-state index contributed by atoms with van der Waals surface area (Å²) in [6.45, 7) is 0. The van der Waals surface area contributed by atoms with Crippen LogP contribution in [-0.4, -0.2) is 5.11 Å². The molecule has 2 rings (SSSR count). The Bertz CT molecular complexity index is 535. The molecule has 0 radical (unpaired) electrons. The molecule has 1 heterocycles. The SMILES string of the molecule is OC(c1ccc(Cl)c(Cl)c1)c1cc(Br)c(Br)o1. The summed E-state index contributed by atoms with van der Waals surface area (Å²) in [5.74, 6) is 0.419. The zero-order valence-electron chi connectivity index (χ0n) is 8.25. The smallest absolute Gasteiger partial charge is 0.183 e. The van der Waals surface area contributed by atoms with Crippen LogP contribution in [0, 0.1) is 0 Å². The van der Waals surface area contributed by atoms with Crippen molar-refractivity contribution in [2.24, 2.45) is 0 Å². The van der Waals surface area contributed by atoms with Gasteiger partial charge in [0.05, 0.1) is 14.5 Å². The van der Waals surface area contributed by atoms with Gasteiger partial charge >= 0.3 is 0 Å². The van der Waals surface area contributed by atoms with Crippen LogP contribution in [0.15, 0.2) is 37.8 Å². The second-order valence-electron chi connectivity index (χ2n) is 3.35. The highest BCUT2D eigenvalue weighted by Gasteiger charge is 2.17. The number of aliphatic hydroxyl groups is 1. The third kappa shape index (κ3) is 2.88. The average Bonchev–Trinajstić information content (AvgIpc) is 2.62. The highest BCUT2D eigenvalue weighted by Crippen LogP contribution is 2.34. The number of furan rings is 1. The molecule has 1 N–H and O–H groups in total. The van der Waals surface area contributed by atoms with E-state index in [1.165, 1.54) is 0 Å². The molecule has 17 heavy (non-hydrogen) atoms. The van der Waals surface area contributed by atoms with Crippen LogP contribution in [-0.2, 0) is 0 Å². The first-order chi connectivity index (χ1) is 7.99. The van der Waals surface area contributed by atoms with Crippen LogP contribution in [0.5, 0.6) is 0 Å². The molecule has 0 saturated heterocycles. The Balaban J connectivity index is 2.36. The molecule has 2 nitrogen and oxygen atoms in total. The second kappa shape index (κ2) is 5.33. The summed E-state index contributed by atoms with van der Waals surface area (Å²) >= 11 is 18.2. The van der Waals surface area contributed by atoms with Crippen molar-refractivity contribution < 1.29 is 9.52 Å². The van der Waals surface area contributed by atoms with Gasteiger partial charge in [-0.15, -0.1) is 0 Å². The van der Waals surface area contributed by atoms with Crippen molar-refractivity contribution in [2.45, 2.75) is 6.10 Å². The summed E-state index contributed by atoms with van der Waals surface area (Å²) in [4.78, 5) is 0. The van der Waals surface area contributed by atoms with Gasteiger partial charge < -0.3 is 9.52 Å². The van der Waals surface area contributed by atoms with E-state index in [9.17, 15) is 5.11 Å². The molecule has 0 bridgehead atoms. The van der Waals surface area contributed by atoms with Crippen molar-refractivity contribution in [1.29, 1.82) is 0 Å². The van der Waals surface area contributed by atoms with Crippen LogP contribution in [0.2, 0.25) is 10.0 Å². The molecule has 1 aromatic carbocycles. The maximum atomic E-state index is 10.1. The van der Waals surface area contributed by atoms with Gasteiger partial charge in [-0.3, -0.25) is 0 Å². The molecule has 1 unspecified atom stereocenters. The fraction of sp³-hybridized carbons (Fsp3) is 0.0909. The van der Waals surface area contributed by atoms with Crippen LogP contribution in [0.3, 0.4) is 0 Å². The minimum Gasteiger partial charge on any atom is -0.450 e. The van der Waals surface area contributed by atoms with E-state index in [0.717, 1.165) is 4.47 Å². The Hall–Kier alpha value is -0.000000000000000167. The highest BCUT2D eigenvalue weighted by molar-refractivity contribution is 9.13. The Morgan fingerprint density at radius 3 is 2.35 bits per heavy atom. The number of rotatable bonds is 2. The lowest BCUT2D eigenvalue weighted by Crippen LogP contribution is -1.97. The number of halogens is 4. The number of aliphatic hydroxyl groups excluding tert-OH is 1. The summed E-state index contributed by atoms with van der Waals surface area (Å²) in [7, 11) is 0. The topological polar surface area (TPSA) is 33.4 Å². The van der Waals surface area contributed by atoms with Gasteiger partial charge in [-0.2, -0.15) is 0 Å². The van der Waals surface area contributed by atoms with Crippen LogP contribution in [0.25, 0.3) is 0 Å². The molecule has 0 saturated carbocycles. The Kier molecular flexibility index (Phi) is 4.21. The normalized spacial score (nSPS) is 12.8. The molecule has 0 aliphatic heterocycles. The average molecular weight is 401 g/mol. The zero-order valence-corrected chi connectivity index (χ0v) is 12.9. The van der Waals surface area contributed by atoms with Gasteiger partial charge in [-0.1, -0.05) is 29.3 Å². The first-order valence-corrected chi connectivity index (χ1v) is 6.91. The number of hydrogen-bond donors (Lipinski definition) is 1. The molecular weight excluding hydrogens is 395 g/mol. The van der Waals surface area contributed by atoms with E-state index in [1.54, 1.807) is 24.3 Å².